The largest absolute Gasteiger partial charge is 0.480 e. The minimum atomic E-state index is -1.23. The molecule has 0 aliphatic heterocycles. The Bertz CT molecular complexity index is 261. The molecule has 5 heteroatoms. The maximum atomic E-state index is 11.8. The second kappa shape index (κ2) is 4.61. The lowest BCUT2D eigenvalue weighted by atomic mass is 9.99. The van der Waals surface area contributed by atoms with Crippen LogP contribution in [0.15, 0.2) is 0 Å². The van der Waals surface area contributed by atoms with Gasteiger partial charge in [-0.05, 0) is 19.8 Å². The first kappa shape index (κ1) is 13.9. The van der Waals surface area contributed by atoms with Gasteiger partial charge in [-0.15, -0.1) is 0 Å². The summed E-state index contributed by atoms with van der Waals surface area (Å²) in [6.07, 6.45) is 0. The summed E-state index contributed by atoms with van der Waals surface area (Å²) < 4.78 is 0. The van der Waals surface area contributed by atoms with E-state index in [-0.39, 0.29) is 11.8 Å². The van der Waals surface area contributed by atoms with Crippen LogP contribution in [0.1, 0.15) is 27.7 Å². The van der Waals surface area contributed by atoms with Crippen molar-refractivity contribution in [2.24, 2.45) is 11.7 Å². The number of likely N-dealkylation sites (N-methyl/N-ethyl adjacent to an activating group) is 1. The lowest BCUT2D eigenvalue weighted by Crippen LogP contribution is -2.56. The zero-order chi connectivity index (χ0) is 12.4. The predicted octanol–water partition coefficient (Wildman–Crippen LogP) is 0.291. The summed E-state index contributed by atoms with van der Waals surface area (Å²) in [7, 11) is 1.46. The van der Waals surface area contributed by atoms with Crippen LogP contribution in [0.4, 0.5) is 0 Å². The lowest BCUT2D eigenvalue weighted by molar-refractivity contribution is -0.156. The standard InChI is InChI=1S/C10H20N2O3/c1-6(2)7(11)8(13)12(5)10(3,4)9(14)15/h6-7H,11H2,1-5H3,(H,14,15). The molecule has 0 bridgehead atoms. The first-order chi connectivity index (χ1) is 6.62. The molecule has 88 valence electrons. The summed E-state index contributed by atoms with van der Waals surface area (Å²) in [5, 5.41) is 8.95. The van der Waals surface area contributed by atoms with Gasteiger partial charge in [-0.1, -0.05) is 13.8 Å². The number of nitrogens with two attached hydrogens (primary N) is 1. The summed E-state index contributed by atoms with van der Waals surface area (Å²) in [6.45, 7) is 6.59. The van der Waals surface area contributed by atoms with E-state index in [1.54, 1.807) is 0 Å². The van der Waals surface area contributed by atoms with Crippen LogP contribution in [0.3, 0.4) is 0 Å². The van der Waals surface area contributed by atoms with Crippen molar-refractivity contribution in [2.45, 2.75) is 39.3 Å². The van der Waals surface area contributed by atoms with E-state index in [1.165, 1.54) is 25.8 Å². The predicted molar refractivity (Wildman–Crippen MR) is 57.3 cm³/mol. The Balaban J connectivity index is 4.79. The van der Waals surface area contributed by atoms with E-state index >= 15 is 0 Å². The molecule has 0 aliphatic carbocycles. The van der Waals surface area contributed by atoms with Crippen LogP contribution in [0.5, 0.6) is 0 Å². The highest BCUT2D eigenvalue weighted by Crippen LogP contribution is 2.15. The van der Waals surface area contributed by atoms with Crippen LogP contribution in [-0.4, -0.2) is 40.5 Å². The van der Waals surface area contributed by atoms with Crippen LogP contribution in [0.25, 0.3) is 0 Å². The molecule has 0 radical (unpaired) electrons. The molecule has 0 aromatic carbocycles. The highest BCUT2D eigenvalue weighted by atomic mass is 16.4. The third-order valence-electron chi connectivity index (χ3n) is 2.70. The number of carboxylic acid groups (broad SMARTS) is 1. The van der Waals surface area contributed by atoms with Gasteiger partial charge in [0, 0.05) is 7.05 Å². The molecule has 1 amide bonds. The SMILES string of the molecule is CC(C)C(N)C(=O)N(C)C(C)(C)C(=O)O. The van der Waals surface area contributed by atoms with Crippen molar-refractivity contribution in [3.8, 4) is 0 Å². The van der Waals surface area contributed by atoms with E-state index in [1.807, 2.05) is 13.8 Å². The molecular formula is C10H20N2O3. The first-order valence-corrected chi connectivity index (χ1v) is 4.89. The van der Waals surface area contributed by atoms with E-state index < -0.39 is 17.6 Å². The second-order valence-electron chi connectivity index (χ2n) is 4.53. The molecule has 0 aromatic heterocycles. The molecule has 0 saturated heterocycles. The molecule has 0 rings (SSSR count). The molecule has 0 aromatic rings. The zero-order valence-corrected chi connectivity index (χ0v) is 9.94. The van der Waals surface area contributed by atoms with Crippen LogP contribution in [-0.2, 0) is 9.59 Å². The van der Waals surface area contributed by atoms with Gasteiger partial charge in [0.25, 0.3) is 0 Å². The van der Waals surface area contributed by atoms with Gasteiger partial charge in [0.1, 0.15) is 5.54 Å². The summed E-state index contributed by atoms with van der Waals surface area (Å²) in [4.78, 5) is 23.9. The van der Waals surface area contributed by atoms with Crippen molar-refractivity contribution in [1.29, 1.82) is 0 Å². The number of carbonyl (C=O) groups is 2. The molecule has 5 nitrogen and oxygen atoms in total. The molecule has 0 aliphatic rings. The highest BCUT2D eigenvalue weighted by Gasteiger charge is 2.37. The van der Waals surface area contributed by atoms with Gasteiger partial charge in [0.2, 0.25) is 5.91 Å². The fourth-order valence-electron chi connectivity index (χ4n) is 0.928. The molecule has 0 spiro atoms. The van der Waals surface area contributed by atoms with E-state index in [9.17, 15) is 9.59 Å². The van der Waals surface area contributed by atoms with Crippen molar-refractivity contribution in [2.75, 3.05) is 7.05 Å². The Morgan fingerprint density at radius 3 is 2.00 bits per heavy atom. The van der Waals surface area contributed by atoms with E-state index in [4.69, 9.17) is 10.8 Å². The van der Waals surface area contributed by atoms with Gasteiger partial charge in [0.15, 0.2) is 0 Å². The van der Waals surface area contributed by atoms with Crippen LogP contribution in [0.2, 0.25) is 0 Å². The second-order valence-corrected chi connectivity index (χ2v) is 4.53. The Morgan fingerprint density at radius 1 is 1.33 bits per heavy atom. The average molecular weight is 216 g/mol. The minimum Gasteiger partial charge on any atom is -0.480 e. The van der Waals surface area contributed by atoms with Gasteiger partial charge < -0.3 is 15.7 Å². The average Bonchev–Trinajstić information content (AvgIpc) is 2.13. The van der Waals surface area contributed by atoms with E-state index in [0.29, 0.717) is 0 Å². The summed E-state index contributed by atoms with van der Waals surface area (Å²) >= 11 is 0. The monoisotopic (exact) mass is 216 g/mol. The third kappa shape index (κ3) is 2.92. The maximum Gasteiger partial charge on any atom is 0.329 e. The zero-order valence-electron chi connectivity index (χ0n) is 9.94. The Morgan fingerprint density at radius 2 is 1.73 bits per heavy atom. The van der Waals surface area contributed by atoms with Gasteiger partial charge in [-0.3, -0.25) is 4.79 Å². The van der Waals surface area contributed by atoms with E-state index in [2.05, 4.69) is 0 Å². The lowest BCUT2D eigenvalue weighted by Gasteiger charge is -2.34. The quantitative estimate of drug-likeness (QED) is 0.707. The molecule has 15 heavy (non-hydrogen) atoms. The van der Waals surface area contributed by atoms with Gasteiger partial charge >= 0.3 is 5.97 Å². The third-order valence-corrected chi connectivity index (χ3v) is 2.70. The van der Waals surface area contributed by atoms with Crippen molar-refractivity contribution in [3.05, 3.63) is 0 Å². The minimum absolute atomic E-state index is 0.00968. The number of hydrogen-bond acceptors (Lipinski definition) is 3. The van der Waals surface area contributed by atoms with Crippen LogP contribution < -0.4 is 5.73 Å². The number of rotatable bonds is 4. The Labute approximate surface area is 90.2 Å². The van der Waals surface area contributed by atoms with Gasteiger partial charge in [-0.25, -0.2) is 4.79 Å². The van der Waals surface area contributed by atoms with E-state index in [0.717, 1.165) is 0 Å². The van der Waals surface area contributed by atoms with Crippen molar-refractivity contribution in [1.82, 2.24) is 4.90 Å². The fourth-order valence-corrected chi connectivity index (χ4v) is 0.928. The summed E-state index contributed by atoms with van der Waals surface area (Å²) in [5.74, 6) is -1.41. The molecule has 1 atom stereocenters. The Kier molecular flexibility index (Phi) is 4.27. The summed E-state index contributed by atoms with van der Waals surface area (Å²) in [5.41, 5.74) is 4.44. The summed E-state index contributed by atoms with van der Waals surface area (Å²) in [6, 6.07) is -0.659. The first-order valence-electron chi connectivity index (χ1n) is 4.89. The molecule has 3 N–H and O–H groups in total. The molecule has 1 unspecified atom stereocenters. The number of amides is 1. The van der Waals surface area contributed by atoms with Crippen LogP contribution >= 0.6 is 0 Å². The smallest absolute Gasteiger partial charge is 0.329 e. The van der Waals surface area contributed by atoms with Gasteiger partial charge in [-0.2, -0.15) is 0 Å². The normalized spacial score (nSPS) is 13.8. The van der Waals surface area contributed by atoms with Crippen molar-refractivity contribution >= 4 is 11.9 Å². The number of aliphatic carboxylic acids is 1. The number of carbonyl (C=O) groups excluding carboxylic acids is 1. The fraction of sp³-hybridized carbons (Fsp3) is 0.800. The van der Waals surface area contributed by atoms with Gasteiger partial charge in [0.05, 0.1) is 6.04 Å². The van der Waals surface area contributed by atoms with Crippen molar-refractivity contribution in [3.63, 3.8) is 0 Å². The topological polar surface area (TPSA) is 83.6 Å². The molecular weight excluding hydrogens is 196 g/mol. The Hall–Kier alpha value is -1.10. The number of nitrogens with zero attached hydrogens (tertiary/aromatic N) is 1. The maximum absolute atomic E-state index is 11.8. The van der Waals surface area contributed by atoms with Crippen LogP contribution in [0, 0.1) is 5.92 Å². The number of hydrogen-bond donors (Lipinski definition) is 2. The molecule has 0 heterocycles. The van der Waals surface area contributed by atoms with Crippen molar-refractivity contribution < 1.29 is 14.7 Å². The number of carboxylic acids is 1. The molecule has 0 fully saturated rings. The highest BCUT2D eigenvalue weighted by molar-refractivity contribution is 5.88. The molecule has 0 saturated carbocycles.